The third-order valence-electron chi connectivity index (χ3n) is 1.95. The van der Waals surface area contributed by atoms with Gasteiger partial charge in [-0.05, 0) is 0 Å². The molecule has 1 aliphatic heterocycles. The van der Waals surface area contributed by atoms with E-state index in [4.69, 9.17) is 4.74 Å². The minimum atomic E-state index is 0.103. The highest BCUT2D eigenvalue weighted by Crippen LogP contribution is 2.33. The summed E-state index contributed by atoms with van der Waals surface area (Å²) < 4.78 is 7.05. The molecule has 0 saturated heterocycles. The third-order valence-corrected chi connectivity index (χ3v) is 1.95. The van der Waals surface area contributed by atoms with Crippen LogP contribution in [0, 0.1) is 5.41 Å². The first-order valence-corrected chi connectivity index (χ1v) is 3.96. The molecule has 0 atom stereocenters. The van der Waals surface area contributed by atoms with Crippen molar-refractivity contribution in [3.05, 3.63) is 6.20 Å². The van der Waals surface area contributed by atoms with Gasteiger partial charge in [0.05, 0.1) is 19.3 Å². The third kappa shape index (κ3) is 1.03. The standard InChI is InChI=1S/C8H12N2O2/c1-8(2)4-10-7(12-5-8)6(11)3-9-10/h3,11H,4-5H2,1-2H3. The first kappa shape index (κ1) is 7.46. The van der Waals surface area contributed by atoms with Gasteiger partial charge in [-0.3, -0.25) is 0 Å². The van der Waals surface area contributed by atoms with Crippen LogP contribution in [0.2, 0.25) is 0 Å². The van der Waals surface area contributed by atoms with Gasteiger partial charge >= 0.3 is 0 Å². The maximum Gasteiger partial charge on any atom is 0.255 e. The van der Waals surface area contributed by atoms with Gasteiger partial charge in [-0.2, -0.15) is 5.10 Å². The zero-order valence-corrected chi connectivity index (χ0v) is 7.24. The van der Waals surface area contributed by atoms with Crippen LogP contribution in [0.25, 0.3) is 0 Å². The lowest BCUT2D eigenvalue weighted by molar-refractivity contribution is 0.0970. The van der Waals surface area contributed by atoms with E-state index in [-0.39, 0.29) is 11.2 Å². The molecular formula is C8H12N2O2. The SMILES string of the molecule is CC1(C)COc2c(O)cnn2C1. The summed E-state index contributed by atoms with van der Waals surface area (Å²) in [5.74, 6) is 0.625. The number of aromatic nitrogens is 2. The smallest absolute Gasteiger partial charge is 0.255 e. The Morgan fingerprint density at radius 3 is 3.17 bits per heavy atom. The lowest BCUT2D eigenvalue weighted by Gasteiger charge is -2.29. The summed E-state index contributed by atoms with van der Waals surface area (Å²) in [7, 11) is 0. The molecule has 1 N–H and O–H groups in total. The zero-order valence-electron chi connectivity index (χ0n) is 7.24. The largest absolute Gasteiger partial charge is 0.502 e. The molecule has 0 aliphatic carbocycles. The Labute approximate surface area is 70.8 Å². The van der Waals surface area contributed by atoms with Crippen LogP contribution in [0.5, 0.6) is 11.6 Å². The molecule has 0 fully saturated rings. The number of hydrogen-bond acceptors (Lipinski definition) is 3. The van der Waals surface area contributed by atoms with Crippen molar-refractivity contribution in [2.75, 3.05) is 6.61 Å². The summed E-state index contributed by atoms with van der Waals surface area (Å²) in [5, 5.41) is 13.3. The predicted octanol–water partition coefficient (Wildman–Crippen LogP) is 1.01. The molecule has 1 aromatic heterocycles. The molecule has 0 radical (unpaired) electrons. The van der Waals surface area contributed by atoms with Crippen molar-refractivity contribution in [3.8, 4) is 11.6 Å². The highest BCUT2D eigenvalue weighted by atomic mass is 16.5. The van der Waals surface area contributed by atoms with Crippen LogP contribution in [0.4, 0.5) is 0 Å². The highest BCUT2D eigenvalue weighted by Gasteiger charge is 2.28. The van der Waals surface area contributed by atoms with E-state index in [1.54, 1.807) is 4.68 Å². The van der Waals surface area contributed by atoms with Gasteiger partial charge in [0.2, 0.25) is 0 Å². The molecule has 12 heavy (non-hydrogen) atoms. The van der Waals surface area contributed by atoms with Gasteiger partial charge in [-0.1, -0.05) is 13.8 Å². The van der Waals surface area contributed by atoms with Crippen LogP contribution in [-0.4, -0.2) is 21.5 Å². The summed E-state index contributed by atoms with van der Waals surface area (Å²) in [6.45, 7) is 5.64. The molecule has 0 spiro atoms. The van der Waals surface area contributed by atoms with Gasteiger partial charge < -0.3 is 9.84 Å². The second-order valence-electron chi connectivity index (χ2n) is 3.95. The van der Waals surface area contributed by atoms with Crippen LogP contribution in [0.1, 0.15) is 13.8 Å². The molecule has 0 bridgehead atoms. The average Bonchev–Trinajstić information content (AvgIpc) is 2.30. The van der Waals surface area contributed by atoms with Crippen molar-refractivity contribution in [1.29, 1.82) is 0 Å². The fraction of sp³-hybridized carbons (Fsp3) is 0.625. The van der Waals surface area contributed by atoms with Crippen molar-refractivity contribution >= 4 is 0 Å². The monoisotopic (exact) mass is 168 g/mol. The molecular weight excluding hydrogens is 156 g/mol. The maximum absolute atomic E-state index is 9.26. The maximum atomic E-state index is 9.26. The van der Waals surface area contributed by atoms with E-state index >= 15 is 0 Å². The van der Waals surface area contributed by atoms with E-state index in [0.29, 0.717) is 12.5 Å². The molecule has 1 aliphatic rings. The Balaban J connectivity index is 2.37. The Morgan fingerprint density at radius 2 is 2.42 bits per heavy atom. The van der Waals surface area contributed by atoms with Crippen molar-refractivity contribution in [2.45, 2.75) is 20.4 Å². The number of fused-ring (bicyclic) bond motifs is 1. The highest BCUT2D eigenvalue weighted by molar-refractivity contribution is 5.30. The lowest BCUT2D eigenvalue weighted by Crippen LogP contribution is -2.32. The molecule has 4 nitrogen and oxygen atoms in total. The first-order valence-electron chi connectivity index (χ1n) is 3.96. The van der Waals surface area contributed by atoms with Crippen molar-refractivity contribution < 1.29 is 9.84 Å². The van der Waals surface area contributed by atoms with Gasteiger partial charge in [0.25, 0.3) is 5.88 Å². The van der Waals surface area contributed by atoms with Crippen LogP contribution in [0.3, 0.4) is 0 Å². The molecule has 2 rings (SSSR count). The normalized spacial score (nSPS) is 19.8. The van der Waals surface area contributed by atoms with E-state index in [1.165, 1.54) is 6.20 Å². The van der Waals surface area contributed by atoms with E-state index < -0.39 is 0 Å². The van der Waals surface area contributed by atoms with E-state index in [0.717, 1.165) is 6.54 Å². The van der Waals surface area contributed by atoms with Crippen LogP contribution in [0.15, 0.2) is 6.20 Å². The van der Waals surface area contributed by atoms with Crippen LogP contribution < -0.4 is 4.74 Å². The van der Waals surface area contributed by atoms with Gasteiger partial charge in [-0.25, -0.2) is 4.68 Å². The van der Waals surface area contributed by atoms with Gasteiger partial charge in [0.1, 0.15) is 0 Å². The van der Waals surface area contributed by atoms with Crippen molar-refractivity contribution in [1.82, 2.24) is 9.78 Å². The number of aromatic hydroxyl groups is 1. The quantitative estimate of drug-likeness (QED) is 0.628. The zero-order chi connectivity index (χ0) is 8.77. The number of ether oxygens (including phenoxy) is 1. The van der Waals surface area contributed by atoms with Crippen molar-refractivity contribution in [2.24, 2.45) is 5.41 Å². The molecule has 1 aromatic rings. The van der Waals surface area contributed by atoms with Gasteiger partial charge in [0.15, 0.2) is 5.75 Å². The van der Waals surface area contributed by atoms with E-state index in [2.05, 4.69) is 18.9 Å². The molecule has 0 saturated carbocycles. The Bertz CT molecular complexity index is 304. The summed E-state index contributed by atoms with van der Waals surface area (Å²) in [6.07, 6.45) is 1.41. The van der Waals surface area contributed by atoms with Crippen LogP contribution >= 0.6 is 0 Å². The second kappa shape index (κ2) is 2.15. The molecule has 0 aromatic carbocycles. The van der Waals surface area contributed by atoms with Crippen molar-refractivity contribution in [3.63, 3.8) is 0 Å². The first-order chi connectivity index (χ1) is 5.58. The average molecular weight is 168 g/mol. The fourth-order valence-corrected chi connectivity index (χ4v) is 1.34. The summed E-state index contributed by atoms with van der Waals surface area (Å²) in [5.41, 5.74) is 0.103. The second-order valence-corrected chi connectivity index (χ2v) is 3.95. The van der Waals surface area contributed by atoms with E-state index in [1.807, 2.05) is 0 Å². The molecule has 66 valence electrons. The predicted molar refractivity (Wildman–Crippen MR) is 43.2 cm³/mol. The molecule has 0 amide bonds. The molecule has 2 heterocycles. The Kier molecular flexibility index (Phi) is 1.34. The molecule has 0 unspecified atom stereocenters. The summed E-state index contributed by atoms with van der Waals surface area (Å²) in [4.78, 5) is 0. The Morgan fingerprint density at radius 1 is 1.67 bits per heavy atom. The lowest BCUT2D eigenvalue weighted by atomic mass is 9.94. The Hall–Kier alpha value is -1.19. The number of rotatable bonds is 0. The minimum Gasteiger partial charge on any atom is -0.502 e. The number of nitrogens with zero attached hydrogens (tertiary/aromatic N) is 2. The molecule has 4 heteroatoms. The fourth-order valence-electron chi connectivity index (χ4n) is 1.34. The van der Waals surface area contributed by atoms with Crippen LogP contribution in [-0.2, 0) is 6.54 Å². The summed E-state index contributed by atoms with van der Waals surface area (Å²) >= 11 is 0. The van der Waals surface area contributed by atoms with Gasteiger partial charge in [-0.15, -0.1) is 0 Å². The number of hydrogen-bond donors (Lipinski definition) is 1. The summed E-state index contributed by atoms with van der Waals surface area (Å²) in [6, 6.07) is 0. The minimum absolute atomic E-state index is 0.103. The van der Waals surface area contributed by atoms with Gasteiger partial charge in [0, 0.05) is 5.41 Å². The van der Waals surface area contributed by atoms with E-state index in [9.17, 15) is 5.11 Å². The topological polar surface area (TPSA) is 47.3 Å².